The summed E-state index contributed by atoms with van der Waals surface area (Å²) in [5.41, 5.74) is 0. The quantitative estimate of drug-likeness (QED) is 0.0222. The van der Waals surface area contributed by atoms with Crippen LogP contribution < -0.4 is 0 Å². The topological polar surface area (TPSA) is 237 Å². The number of hydrogen-bond donors (Lipinski definition) is 3. The highest BCUT2D eigenvalue weighted by Gasteiger charge is 2.30. The molecule has 3 N–H and O–H groups in total. The minimum Gasteiger partial charge on any atom is -0.462 e. The summed E-state index contributed by atoms with van der Waals surface area (Å²) in [5, 5.41) is 10.6. The van der Waals surface area contributed by atoms with Gasteiger partial charge in [0.1, 0.15) is 19.3 Å². The minimum absolute atomic E-state index is 0.103. The lowest BCUT2D eigenvalue weighted by Gasteiger charge is -2.21. The number of carbonyl (C=O) groups excluding carboxylic acids is 4. The second-order valence-electron chi connectivity index (χ2n) is 29.7. The molecule has 5 atom stereocenters. The van der Waals surface area contributed by atoms with E-state index in [1.54, 1.807) is 0 Å². The summed E-state index contributed by atoms with van der Waals surface area (Å²) in [4.78, 5) is 72.8. The molecule has 570 valence electrons. The Labute approximate surface area is 588 Å². The van der Waals surface area contributed by atoms with Crippen molar-refractivity contribution in [3.05, 3.63) is 0 Å². The van der Waals surface area contributed by atoms with E-state index in [1.807, 2.05) is 0 Å². The largest absolute Gasteiger partial charge is 0.472 e. The van der Waals surface area contributed by atoms with Gasteiger partial charge in [-0.25, -0.2) is 9.13 Å². The lowest BCUT2D eigenvalue weighted by atomic mass is 10.0. The van der Waals surface area contributed by atoms with Crippen LogP contribution in [0.1, 0.15) is 389 Å². The molecule has 0 heterocycles. The summed E-state index contributed by atoms with van der Waals surface area (Å²) >= 11 is 0. The van der Waals surface area contributed by atoms with Crippen LogP contribution in [0, 0.1) is 23.7 Å². The van der Waals surface area contributed by atoms with Crippen molar-refractivity contribution in [2.45, 2.75) is 408 Å². The molecule has 0 fully saturated rings. The first-order chi connectivity index (χ1) is 46.1. The van der Waals surface area contributed by atoms with Crippen molar-refractivity contribution in [2.75, 3.05) is 39.6 Å². The molecule has 0 saturated heterocycles. The molecule has 0 aromatic rings. The van der Waals surface area contributed by atoms with Crippen molar-refractivity contribution in [1.29, 1.82) is 0 Å². The third kappa shape index (κ3) is 70.5. The first-order valence-electron chi connectivity index (χ1n) is 39.7. The number of hydrogen-bond acceptors (Lipinski definition) is 15. The van der Waals surface area contributed by atoms with E-state index in [0.717, 1.165) is 114 Å². The lowest BCUT2D eigenvalue weighted by Crippen LogP contribution is -2.30. The first-order valence-corrected chi connectivity index (χ1v) is 42.7. The van der Waals surface area contributed by atoms with Gasteiger partial charge >= 0.3 is 39.5 Å². The van der Waals surface area contributed by atoms with E-state index >= 15 is 0 Å². The summed E-state index contributed by atoms with van der Waals surface area (Å²) < 4.78 is 68.5. The molecule has 0 spiro atoms. The Morgan fingerprint density at radius 1 is 0.260 bits per heavy atom. The number of rotatable bonds is 74. The molecule has 0 aromatic carbocycles. The van der Waals surface area contributed by atoms with E-state index in [0.29, 0.717) is 31.6 Å². The molecule has 96 heavy (non-hydrogen) atoms. The average molecular weight is 1410 g/mol. The Bertz CT molecular complexity index is 1880. The van der Waals surface area contributed by atoms with Gasteiger partial charge in [-0.05, 0) is 49.4 Å². The summed E-state index contributed by atoms with van der Waals surface area (Å²) in [6, 6.07) is 0. The van der Waals surface area contributed by atoms with Gasteiger partial charge in [-0.15, -0.1) is 0 Å². The summed E-state index contributed by atoms with van der Waals surface area (Å²) in [6.07, 6.45) is 51.6. The zero-order chi connectivity index (χ0) is 71.0. The summed E-state index contributed by atoms with van der Waals surface area (Å²) in [6.45, 7) is 14.1. The minimum atomic E-state index is -4.96. The van der Waals surface area contributed by atoms with Crippen LogP contribution in [0.3, 0.4) is 0 Å². The van der Waals surface area contributed by atoms with Crippen molar-refractivity contribution in [3.8, 4) is 0 Å². The van der Waals surface area contributed by atoms with Crippen LogP contribution >= 0.6 is 15.6 Å². The molecular weight excluding hydrogens is 1260 g/mol. The van der Waals surface area contributed by atoms with Crippen LogP contribution in [0.25, 0.3) is 0 Å². The predicted octanol–water partition coefficient (Wildman–Crippen LogP) is 22.4. The van der Waals surface area contributed by atoms with Gasteiger partial charge in [0.15, 0.2) is 12.2 Å². The molecule has 19 heteroatoms. The highest BCUT2D eigenvalue weighted by molar-refractivity contribution is 7.47. The van der Waals surface area contributed by atoms with Gasteiger partial charge in [-0.1, -0.05) is 338 Å². The smallest absolute Gasteiger partial charge is 0.462 e. The molecule has 0 aliphatic heterocycles. The predicted molar refractivity (Wildman–Crippen MR) is 391 cm³/mol. The third-order valence-electron chi connectivity index (χ3n) is 17.8. The standard InChI is InChI=1S/C77H150O17P2/c1-67(2)53-45-37-29-22-18-15-13-11-9-10-12-14-16-20-24-33-41-49-57-74(79)87-63-72(93-76(81)59-51-43-34-25-21-17-19-23-30-38-46-54-68(3)4)65-91-95(83,84)89-61-71(78)62-90-96(85,86)92-66-73(64-88-75(80)58-50-42-36-28-32-40-48-56-70(7)8)94-77(82)60-52-44-35-27-26-31-39-47-55-69(5)6/h67-73,78H,9-66H2,1-8H3,(H,83,84)(H,85,86)/t71?,72-,73-/m1/s1. The monoisotopic (exact) mass is 1410 g/mol. The fourth-order valence-corrected chi connectivity index (χ4v) is 13.3. The van der Waals surface area contributed by atoms with Gasteiger partial charge in [-0.2, -0.15) is 0 Å². The molecule has 0 rings (SSSR count). The van der Waals surface area contributed by atoms with Crippen molar-refractivity contribution in [3.63, 3.8) is 0 Å². The van der Waals surface area contributed by atoms with E-state index in [2.05, 4.69) is 55.4 Å². The van der Waals surface area contributed by atoms with E-state index in [-0.39, 0.29) is 25.7 Å². The van der Waals surface area contributed by atoms with Crippen LogP contribution in [-0.2, 0) is 65.4 Å². The second-order valence-corrected chi connectivity index (χ2v) is 32.6. The number of aliphatic hydroxyl groups is 1. The number of phosphoric ester groups is 2. The highest BCUT2D eigenvalue weighted by Crippen LogP contribution is 2.45. The molecule has 17 nitrogen and oxygen atoms in total. The van der Waals surface area contributed by atoms with Gasteiger partial charge in [0, 0.05) is 25.7 Å². The molecule has 0 aromatic heterocycles. The SMILES string of the molecule is CC(C)CCCCCCCCCCCCCCCCCCCCC(=O)OC[C@H](COP(=O)(O)OCC(O)COP(=O)(O)OC[C@@H](COC(=O)CCCCCCCCCC(C)C)OC(=O)CCCCCCCCCCC(C)C)OC(=O)CCCCCCCCCCCCCC(C)C. The van der Waals surface area contributed by atoms with Gasteiger partial charge in [-0.3, -0.25) is 37.3 Å². The third-order valence-corrected chi connectivity index (χ3v) is 19.7. The first kappa shape index (κ1) is 94.1. The summed E-state index contributed by atoms with van der Waals surface area (Å²) in [7, 11) is -9.91. The van der Waals surface area contributed by atoms with Crippen molar-refractivity contribution in [2.24, 2.45) is 23.7 Å². The van der Waals surface area contributed by atoms with Gasteiger partial charge in [0.05, 0.1) is 26.4 Å². The maximum atomic E-state index is 13.1. The number of aliphatic hydroxyl groups excluding tert-OH is 1. The van der Waals surface area contributed by atoms with Crippen LogP contribution in [0.5, 0.6) is 0 Å². The Morgan fingerprint density at radius 3 is 0.646 bits per heavy atom. The van der Waals surface area contributed by atoms with Crippen LogP contribution in [0.4, 0.5) is 0 Å². The van der Waals surface area contributed by atoms with E-state index < -0.39 is 97.5 Å². The zero-order valence-corrected chi connectivity index (χ0v) is 64.8. The Morgan fingerprint density at radius 2 is 0.438 bits per heavy atom. The lowest BCUT2D eigenvalue weighted by molar-refractivity contribution is -0.161. The van der Waals surface area contributed by atoms with Crippen LogP contribution in [0.15, 0.2) is 0 Å². The molecule has 3 unspecified atom stereocenters. The summed E-state index contributed by atoms with van der Waals surface area (Å²) in [5.74, 6) is 0.889. The number of carbonyl (C=O) groups is 4. The Hall–Kier alpha value is -1.94. The fourth-order valence-electron chi connectivity index (χ4n) is 11.7. The van der Waals surface area contributed by atoms with E-state index in [4.69, 9.17) is 37.0 Å². The van der Waals surface area contributed by atoms with Crippen molar-refractivity contribution >= 4 is 39.5 Å². The molecule has 0 radical (unpaired) electrons. The molecule has 0 aliphatic rings. The van der Waals surface area contributed by atoms with Crippen LogP contribution in [-0.4, -0.2) is 96.7 Å². The fraction of sp³-hybridized carbons (Fsp3) is 0.948. The second kappa shape index (κ2) is 66.3. The normalized spacial score (nSPS) is 14.1. The van der Waals surface area contributed by atoms with Crippen LogP contribution in [0.2, 0.25) is 0 Å². The maximum absolute atomic E-state index is 13.1. The van der Waals surface area contributed by atoms with Crippen molar-refractivity contribution < 1.29 is 80.2 Å². The number of unbranched alkanes of at least 4 members (excludes halogenated alkanes) is 40. The van der Waals surface area contributed by atoms with Gasteiger partial charge < -0.3 is 33.8 Å². The van der Waals surface area contributed by atoms with Gasteiger partial charge in [0.2, 0.25) is 0 Å². The molecule has 0 amide bonds. The molecule has 0 saturated carbocycles. The highest BCUT2D eigenvalue weighted by atomic mass is 31.2. The van der Waals surface area contributed by atoms with E-state index in [1.165, 1.54) is 186 Å². The number of ether oxygens (including phenoxy) is 4. The van der Waals surface area contributed by atoms with Crippen molar-refractivity contribution in [1.82, 2.24) is 0 Å². The zero-order valence-electron chi connectivity index (χ0n) is 63.0. The average Bonchev–Trinajstić information content (AvgIpc) is 1.16. The van der Waals surface area contributed by atoms with Gasteiger partial charge in [0.25, 0.3) is 0 Å². The van der Waals surface area contributed by atoms with E-state index in [9.17, 15) is 43.2 Å². The molecule has 0 bridgehead atoms. The molecule has 0 aliphatic carbocycles. The Kier molecular flexibility index (Phi) is 65.0. The maximum Gasteiger partial charge on any atom is 0.472 e. The Balaban J connectivity index is 5.19. The molecular formula is C77H150O17P2. The number of phosphoric acid groups is 2. The number of esters is 4.